The molecule has 5 rings (SSSR count). The second-order valence-electron chi connectivity index (χ2n) is 8.67. The van der Waals surface area contributed by atoms with E-state index in [9.17, 15) is 18.0 Å². The van der Waals surface area contributed by atoms with Crippen LogP contribution in [-0.4, -0.2) is 16.0 Å². The van der Waals surface area contributed by atoms with Crippen molar-refractivity contribution in [3.8, 4) is 11.4 Å². The topological polar surface area (TPSA) is 68.0 Å². The molecule has 3 aromatic rings. The molecule has 0 radical (unpaired) electrons. The van der Waals surface area contributed by atoms with Crippen LogP contribution in [-0.2, 0) is 11.0 Å². The van der Waals surface area contributed by atoms with Gasteiger partial charge in [-0.3, -0.25) is 4.79 Å². The molecule has 2 aromatic carbocycles. The summed E-state index contributed by atoms with van der Waals surface area (Å²) < 4.78 is 43.9. The monoisotopic (exact) mass is 453 g/mol. The lowest BCUT2D eigenvalue weighted by atomic mass is 10.1. The van der Waals surface area contributed by atoms with E-state index in [1.807, 2.05) is 37.3 Å². The van der Waals surface area contributed by atoms with Crippen LogP contribution in [0.2, 0.25) is 0 Å². The van der Waals surface area contributed by atoms with Crippen LogP contribution in [0.15, 0.2) is 64.7 Å². The maximum Gasteiger partial charge on any atom is 0.416 e. The standard InChI is InChI=1S/C25H22F3N3O2/c1-14-20(16-5-3-2-4-6-16)21(14)23(32)29-19(13-15-7-8-15)24-30-22(31-33-24)17-9-11-18(12-10-17)25(26,27)28/h2-6,9-12,15,19,21H,7-8,13H2,1H3,(H,29,32). The van der Waals surface area contributed by atoms with Crippen LogP contribution in [0.3, 0.4) is 0 Å². The maximum absolute atomic E-state index is 13.0. The highest BCUT2D eigenvalue weighted by Crippen LogP contribution is 2.47. The number of carbonyl (C=O) groups excluding carboxylic acids is 1. The zero-order chi connectivity index (χ0) is 23.2. The SMILES string of the molecule is CC1=C(c2ccccc2)C1C(=O)NC(CC1CC1)c1nc(-c2ccc(C(F)(F)F)cc2)no1. The number of aromatic nitrogens is 2. The van der Waals surface area contributed by atoms with E-state index in [0.717, 1.165) is 41.7 Å². The largest absolute Gasteiger partial charge is 0.416 e. The van der Waals surface area contributed by atoms with Crippen molar-refractivity contribution >= 4 is 11.5 Å². The van der Waals surface area contributed by atoms with Gasteiger partial charge in [-0.15, -0.1) is 0 Å². The van der Waals surface area contributed by atoms with E-state index < -0.39 is 17.8 Å². The Hall–Kier alpha value is -3.42. The van der Waals surface area contributed by atoms with E-state index >= 15 is 0 Å². The predicted molar refractivity (Wildman–Crippen MR) is 115 cm³/mol. The Labute approximate surface area is 188 Å². The van der Waals surface area contributed by atoms with Crippen molar-refractivity contribution in [1.29, 1.82) is 0 Å². The number of hydrogen-bond acceptors (Lipinski definition) is 4. The molecule has 5 nitrogen and oxygen atoms in total. The lowest BCUT2D eigenvalue weighted by molar-refractivity contribution is -0.137. The van der Waals surface area contributed by atoms with Gasteiger partial charge in [-0.05, 0) is 42.5 Å². The van der Waals surface area contributed by atoms with E-state index in [4.69, 9.17) is 4.52 Å². The molecule has 2 aliphatic carbocycles. The number of rotatable bonds is 7. The van der Waals surface area contributed by atoms with Gasteiger partial charge in [-0.1, -0.05) is 66.0 Å². The Balaban J connectivity index is 1.31. The summed E-state index contributed by atoms with van der Waals surface area (Å²) in [5.74, 6) is 0.570. The quantitative estimate of drug-likeness (QED) is 0.490. The molecule has 8 heteroatoms. The van der Waals surface area contributed by atoms with Gasteiger partial charge in [0, 0.05) is 5.56 Å². The summed E-state index contributed by atoms with van der Waals surface area (Å²) in [6.07, 6.45) is -1.55. The van der Waals surface area contributed by atoms with Crippen LogP contribution in [0.25, 0.3) is 17.0 Å². The number of halogens is 3. The summed E-state index contributed by atoms with van der Waals surface area (Å²) in [5.41, 5.74) is 2.79. The third kappa shape index (κ3) is 4.55. The van der Waals surface area contributed by atoms with Crippen LogP contribution in [0.1, 0.15) is 49.2 Å². The van der Waals surface area contributed by atoms with Crippen LogP contribution < -0.4 is 5.32 Å². The van der Waals surface area contributed by atoms with E-state index in [0.29, 0.717) is 17.9 Å². The van der Waals surface area contributed by atoms with Crippen LogP contribution in [0, 0.1) is 11.8 Å². The van der Waals surface area contributed by atoms with Crippen LogP contribution >= 0.6 is 0 Å². The van der Waals surface area contributed by atoms with Crippen molar-refractivity contribution in [1.82, 2.24) is 15.5 Å². The molecule has 2 unspecified atom stereocenters. The van der Waals surface area contributed by atoms with E-state index in [1.54, 1.807) is 0 Å². The number of nitrogens with one attached hydrogen (secondary N) is 1. The average molecular weight is 453 g/mol. The molecule has 0 aliphatic heterocycles. The first kappa shape index (κ1) is 21.4. The van der Waals surface area contributed by atoms with Gasteiger partial charge < -0.3 is 9.84 Å². The summed E-state index contributed by atoms with van der Waals surface area (Å²) >= 11 is 0. The van der Waals surface area contributed by atoms with Gasteiger partial charge in [0.2, 0.25) is 17.6 Å². The molecule has 0 spiro atoms. The number of benzene rings is 2. The molecule has 1 amide bonds. The summed E-state index contributed by atoms with van der Waals surface area (Å²) in [6, 6.07) is 14.0. The molecular formula is C25H22F3N3O2. The number of amides is 1. The lowest BCUT2D eigenvalue weighted by Crippen LogP contribution is -2.31. The summed E-state index contributed by atoms with van der Waals surface area (Å²) in [4.78, 5) is 17.4. The van der Waals surface area contributed by atoms with Gasteiger partial charge in [0.05, 0.1) is 11.5 Å². The highest BCUT2D eigenvalue weighted by Gasteiger charge is 2.42. The van der Waals surface area contributed by atoms with Gasteiger partial charge in [0.1, 0.15) is 6.04 Å². The molecule has 1 saturated carbocycles. The van der Waals surface area contributed by atoms with Gasteiger partial charge in [-0.25, -0.2) is 0 Å². The van der Waals surface area contributed by atoms with E-state index in [1.165, 1.54) is 12.1 Å². The van der Waals surface area contributed by atoms with Crippen molar-refractivity contribution in [3.63, 3.8) is 0 Å². The molecule has 2 aliphatic rings. The smallest absolute Gasteiger partial charge is 0.343 e. The van der Waals surface area contributed by atoms with E-state index in [-0.39, 0.29) is 23.5 Å². The van der Waals surface area contributed by atoms with Gasteiger partial charge >= 0.3 is 6.18 Å². The second-order valence-corrected chi connectivity index (χ2v) is 8.67. The third-order valence-electron chi connectivity index (χ3n) is 6.20. The Bertz CT molecular complexity index is 1200. The Morgan fingerprint density at radius 3 is 2.42 bits per heavy atom. The molecule has 1 fully saturated rings. The summed E-state index contributed by atoms with van der Waals surface area (Å²) in [6.45, 7) is 1.96. The molecule has 170 valence electrons. The molecule has 1 aromatic heterocycles. The summed E-state index contributed by atoms with van der Waals surface area (Å²) in [5, 5.41) is 7.01. The predicted octanol–water partition coefficient (Wildman–Crippen LogP) is 5.82. The molecule has 33 heavy (non-hydrogen) atoms. The van der Waals surface area contributed by atoms with E-state index in [2.05, 4.69) is 15.5 Å². The highest BCUT2D eigenvalue weighted by atomic mass is 19.4. The fourth-order valence-electron chi connectivity index (χ4n) is 4.14. The Morgan fingerprint density at radius 2 is 1.79 bits per heavy atom. The zero-order valence-electron chi connectivity index (χ0n) is 17.9. The van der Waals surface area contributed by atoms with Crippen LogP contribution in [0.5, 0.6) is 0 Å². The number of hydrogen-bond donors (Lipinski definition) is 1. The van der Waals surface area contributed by atoms with Crippen LogP contribution in [0.4, 0.5) is 13.2 Å². The highest BCUT2D eigenvalue weighted by molar-refractivity contribution is 6.05. The normalized spacial score (nSPS) is 18.8. The molecule has 0 bridgehead atoms. The van der Waals surface area contributed by atoms with Crippen molar-refractivity contribution in [3.05, 3.63) is 77.2 Å². The second kappa shape index (κ2) is 8.17. The fourth-order valence-corrected chi connectivity index (χ4v) is 4.14. The number of nitrogens with zero attached hydrogens (tertiary/aromatic N) is 2. The zero-order valence-corrected chi connectivity index (χ0v) is 17.9. The number of alkyl halides is 3. The summed E-state index contributed by atoms with van der Waals surface area (Å²) in [7, 11) is 0. The van der Waals surface area contributed by atoms with Crippen molar-refractivity contribution in [2.24, 2.45) is 11.8 Å². The van der Waals surface area contributed by atoms with Crippen molar-refractivity contribution < 1.29 is 22.5 Å². The van der Waals surface area contributed by atoms with Gasteiger partial charge in [0.15, 0.2) is 0 Å². The fraction of sp³-hybridized carbons (Fsp3) is 0.320. The minimum Gasteiger partial charge on any atom is -0.343 e. The minimum absolute atomic E-state index is 0.105. The molecule has 2 atom stereocenters. The Kier molecular flexibility index (Phi) is 5.31. The van der Waals surface area contributed by atoms with Gasteiger partial charge in [-0.2, -0.15) is 18.2 Å². The molecule has 1 N–H and O–H groups in total. The lowest BCUT2D eigenvalue weighted by Gasteiger charge is -2.15. The average Bonchev–Trinajstić information content (AvgIpc) is 3.69. The first-order valence-electron chi connectivity index (χ1n) is 10.9. The van der Waals surface area contributed by atoms with Gasteiger partial charge in [0.25, 0.3) is 0 Å². The third-order valence-corrected chi connectivity index (χ3v) is 6.20. The first-order chi connectivity index (χ1) is 15.8. The maximum atomic E-state index is 13.0. The Morgan fingerprint density at radius 1 is 1.09 bits per heavy atom. The molecule has 0 saturated heterocycles. The minimum atomic E-state index is -4.41. The van der Waals surface area contributed by atoms with Crippen molar-refractivity contribution in [2.45, 2.75) is 38.4 Å². The number of carbonyl (C=O) groups is 1. The van der Waals surface area contributed by atoms with Crippen molar-refractivity contribution in [2.75, 3.05) is 0 Å². The molecular weight excluding hydrogens is 431 g/mol. The first-order valence-corrected chi connectivity index (χ1v) is 10.9. The molecule has 1 heterocycles.